The zero-order valence-electron chi connectivity index (χ0n) is 16.9. The number of hydrogen-bond donors (Lipinski definition) is 0. The smallest absolute Gasteiger partial charge is 0.266 e. The van der Waals surface area contributed by atoms with E-state index in [4.69, 9.17) is 40.2 Å². The number of ether oxygens (including phenoxy) is 1. The summed E-state index contributed by atoms with van der Waals surface area (Å²) in [6.45, 7) is 0.343. The Labute approximate surface area is 208 Å². The maximum atomic E-state index is 13.4. The minimum atomic E-state index is -0.361. The van der Waals surface area contributed by atoms with Crippen LogP contribution in [0.15, 0.2) is 65.6 Å². The number of amides is 1. The average Bonchev–Trinajstić information content (AvgIpc) is 3.02. The van der Waals surface area contributed by atoms with Gasteiger partial charge in [0.1, 0.15) is 22.6 Å². The molecule has 1 saturated heterocycles. The van der Waals surface area contributed by atoms with Crippen molar-refractivity contribution in [1.82, 2.24) is 4.90 Å². The van der Waals surface area contributed by atoms with Gasteiger partial charge < -0.3 is 4.74 Å². The zero-order chi connectivity index (χ0) is 23.5. The van der Waals surface area contributed by atoms with E-state index in [2.05, 4.69) is 0 Å². The van der Waals surface area contributed by atoms with E-state index in [1.807, 2.05) is 0 Å². The Bertz CT molecular complexity index is 1240. The lowest BCUT2D eigenvalue weighted by Crippen LogP contribution is -2.27. The molecule has 1 aliphatic rings. The van der Waals surface area contributed by atoms with Gasteiger partial charge >= 0.3 is 0 Å². The maximum Gasteiger partial charge on any atom is 0.266 e. The number of hydrogen-bond acceptors (Lipinski definition) is 4. The fourth-order valence-corrected chi connectivity index (χ4v) is 5.01. The fraction of sp³-hybridized carbons (Fsp3) is 0.0833. The van der Waals surface area contributed by atoms with Crippen molar-refractivity contribution in [2.24, 2.45) is 0 Å². The third kappa shape index (κ3) is 5.73. The second-order valence-corrected chi connectivity index (χ2v) is 9.62. The molecule has 0 aliphatic carbocycles. The van der Waals surface area contributed by atoms with Gasteiger partial charge in [0.05, 0.1) is 21.5 Å². The Hall–Kier alpha value is -2.45. The van der Waals surface area contributed by atoms with Gasteiger partial charge in [0, 0.05) is 0 Å². The number of carbonyl (C=O) groups is 1. The molecule has 3 aromatic carbocycles. The molecule has 33 heavy (non-hydrogen) atoms. The highest BCUT2D eigenvalue weighted by atomic mass is 35.5. The first-order valence-corrected chi connectivity index (χ1v) is 11.6. The van der Waals surface area contributed by atoms with Crippen LogP contribution in [0.5, 0.6) is 5.75 Å². The van der Waals surface area contributed by atoms with Gasteiger partial charge in [-0.3, -0.25) is 9.69 Å². The van der Waals surface area contributed by atoms with E-state index in [0.717, 1.165) is 5.56 Å². The Morgan fingerprint density at radius 2 is 1.67 bits per heavy atom. The van der Waals surface area contributed by atoms with Gasteiger partial charge in [-0.05, 0) is 59.2 Å². The molecule has 9 heteroatoms. The van der Waals surface area contributed by atoms with Crippen molar-refractivity contribution in [2.75, 3.05) is 0 Å². The molecular formula is C24H15Cl2F2NO2S2. The van der Waals surface area contributed by atoms with Crippen LogP contribution in [0, 0.1) is 11.6 Å². The third-order valence-electron chi connectivity index (χ3n) is 4.72. The molecule has 0 atom stereocenters. The normalized spacial score (nSPS) is 14.9. The predicted octanol–water partition coefficient (Wildman–Crippen LogP) is 7.25. The van der Waals surface area contributed by atoms with Gasteiger partial charge in [-0.15, -0.1) is 0 Å². The van der Waals surface area contributed by atoms with Crippen LogP contribution in [-0.2, 0) is 17.9 Å². The summed E-state index contributed by atoms with van der Waals surface area (Å²) >= 11 is 19.2. The van der Waals surface area contributed by atoms with E-state index in [0.29, 0.717) is 20.4 Å². The van der Waals surface area contributed by atoms with Crippen LogP contribution in [-0.4, -0.2) is 15.1 Å². The largest absolute Gasteiger partial charge is 0.486 e. The van der Waals surface area contributed by atoms with Crippen LogP contribution < -0.4 is 4.74 Å². The van der Waals surface area contributed by atoms with Crippen molar-refractivity contribution in [3.05, 3.63) is 104 Å². The predicted molar refractivity (Wildman–Crippen MR) is 132 cm³/mol. The summed E-state index contributed by atoms with van der Waals surface area (Å²) in [4.78, 5) is 14.7. The third-order valence-corrected chi connectivity index (χ3v) is 6.66. The number of nitrogens with zero attached hydrogens (tertiary/aromatic N) is 1. The highest BCUT2D eigenvalue weighted by Crippen LogP contribution is 2.38. The first kappa shape index (κ1) is 23.7. The summed E-state index contributed by atoms with van der Waals surface area (Å²) in [6, 6.07) is 15.2. The monoisotopic (exact) mass is 521 g/mol. The molecular weight excluding hydrogens is 507 g/mol. The van der Waals surface area contributed by atoms with Crippen LogP contribution in [0.25, 0.3) is 6.08 Å². The minimum Gasteiger partial charge on any atom is -0.486 e. The molecule has 0 spiro atoms. The van der Waals surface area contributed by atoms with Crippen LogP contribution in [0.3, 0.4) is 0 Å². The van der Waals surface area contributed by atoms with Gasteiger partial charge in [-0.2, -0.15) is 0 Å². The molecule has 1 aliphatic heterocycles. The molecule has 0 aromatic heterocycles. The van der Waals surface area contributed by atoms with E-state index in [1.54, 1.807) is 42.5 Å². The quantitative estimate of drug-likeness (QED) is 0.252. The Kier molecular flexibility index (Phi) is 7.34. The highest BCUT2D eigenvalue weighted by molar-refractivity contribution is 8.26. The van der Waals surface area contributed by atoms with Gasteiger partial charge in [0.2, 0.25) is 0 Å². The summed E-state index contributed by atoms with van der Waals surface area (Å²) in [7, 11) is 0. The first-order chi connectivity index (χ1) is 15.8. The lowest BCUT2D eigenvalue weighted by Gasteiger charge is -2.14. The Morgan fingerprint density at radius 3 is 2.33 bits per heavy atom. The van der Waals surface area contributed by atoms with Gasteiger partial charge in [-0.1, -0.05) is 71.4 Å². The molecule has 0 radical (unpaired) electrons. The average molecular weight is 522 g/mol. The lowest BCUT2D eigenvalue weighted by atomic mass is 10.2. The topological polar surface area (TPSA) is 29.5 Å². The van der Waals surface area contributed by atoms with Crippen LogP contribution >= 0.6 is 47.2 Å². The van der Waals surface area contributed by atoms with Gasteiger partial charge in [-0.25, -0.2) is 8.78 Å². The van der Waals surface area contributed by atoms with E-state index < -0.39 is 0 Å². The summed E-state index contributed by atoms with van der Waals surface area (Å²) in [5.41, 5.74) is 2.00. The zero-order valence-corrected chi connectivity index (χ0v) is 20.0. The SMILES string of the molecule is O=C1C(=Cc2cc(Cl)c(OCc3cccc(F)c3)c(Cl)c2)SC(=S)N1Cc1ccc(F)cc1. The standard InChI is InChI=1S/C24H15Cl2F2NO2S2/c25-19-9-16(10-20(26)22(19)31-13-15-2-1-3-18(28)8-15)11-21-23(30)29(24(32)33-21)12-14-4-6-17(27)7-5-14/h1-11H,12-13H2. The number of thiocarbonyl (C=S) groups is 1. The van der Waals surface area contributed by atoms with Crippen LogP contribution in [0.2, 0.25) is 10.0 Å². The van der Waals surface area contributed by atoms with Gasteiger partial charge in [0.15, 0.2) is 5.75 Å². The van der Waals surface area contributed by atoms with Crippen molar-refractivity contribution >= 4 is 63.5 Å². The molecule has 0 bridgehead atoms. The molecule has 1 heterocycles. The summed E-state index contributed by atoms with van der Waals surface area (Å²) in [5, 5.41) is 0.513. The molecule has 3 nitrogen and oxygen atoms in total. The number of benzene rings is 3. The van der Waals surface area contributed by atoms with Crippen molar-refractivity contribution in [1.29, 1.82) is 0 Å². The molecule has 4 rings (SSSR count). The molecule has 168 valence electrons. The lowest BCUT2D eigenvalue weighted by molar-refractivity contribution is -0.122. The highest BCUT2D eigenvalue weighted by Gasteiger charge is 2.32. The van der Waals surface area contributed by atoms with Crippen LogP contribution in [0.4, 0.5) is 8.78 Å². The molecule has 1 fully saturated rings. The van der Waals surface area contributed by atoms with E-state index >= 15 is 0 Å². The fourth-order valence-electron chi connectivity index (χ4n) is 3.14. The van der Waals surface area contributed by atoms with E-state index in [1.165, 1.54) is 40.9 Å². The van der Waals surface area contributed by atoms with Crippen molar-refractivity contribution in [3.8, 4) is 5.75 Å². The number of halogens is 4. The summed E-state index contributed by atoms with van der Waals surface area (Å²) in [5.74, 6) is -0.696. The van der Waals surface area contributed by atoms with Gasteiger partial charge in [0.25, 0.3) is 5.91 Å². The van der Waals surface area contributed by atoms with Crippen molar-refractivity contribution < 1.29 is 18.3 Å². The molecule has 0 unspecified atom stereocenters. The summed E-state index contributed by atoms with van der Waals surface area (Å²) in [6.07, 6.45) is 1.65. The molecule has 0 saturated carbocycles. The van der Waals surface area contributed by atoms with E-state index in [-0.39, 0.29) is 46.5 Å². The number of rotatable bonds is 6. The van der Waals surface area contributed by atoms with Crippen molar-refractivity contribution in [3.63, 3.8) is 0 Å². The second kappa shape index (κ2) is 10.2. The molecule has 0 N–H and O–H groups in total. The number of thioether (sulfide) groups is 1. The second-order valence-electron chi connectivity index (χ2n) is 7.13. The molecule has 3 aromatic rings. The van der Waals surface area contributed by atoms with E-state index in [9.17, 15) is 13.6 Å². The Balaban J connectivity index is 1.49. The minimum absolute atomic E-state index is 0.0958. The first-order valence-electron chi connectivity index (χ1n) is 9.66. The number of carbonyl (C=O) groups excluding carboxylic acids is 1. The maximum absolute atomic E-state index is 13.4. The summed E-state index contributed by atoms with van der Waals surface area (Å²) < 4.78 is 32.6. The van der Waals surface area contributed by atoms with Crippen LogP contribution in [0.1, 0.15) is 16.7 Å². The van der Waals surface area contributed by atoms with Crippen molar-refractivity contribution in [2.45, 2.75) is 13.2 Å². The Morgan fingerprint density at radius 1 is 0.970 bits per heavy atom. The molecule has 1 amide bonds.